The predicted octanol–water partition coefficient (Wildman–Crippen LogP) is 2.66. The Kier molecular flexibility index (Phi) is 5.86. The fraction of sp³-hybridized carbons (Fsp3) is 0.533. The van der Waals surface area contributed by atoms with Crippen LogP contribution in [0, 0.1) is 13.8 Å². The lowest BCUT2D eigenvalue weighted by Gasteiger charge is -2.18. The summed E-state index contributed by atoms with van der Waals surface area (Å²) in [4.78, 5) is 13.8. The molecular weight excluding hydrogens is 224 g/mol. The minimum atomic E-state index is 0.189. The summed E-state index contributed by atoms with van der Waals surface area (Å²) in [7, 11) is 3.79. The molecule has 1 amide bonds. The molecule has 0 atom stereocenters. The van der Waals surface area contributed by atoms with Gasteiger partial charge in [-0.25, -0.2) is 0 Å². The van der Waals surface area contributed by atoms with Gasteiger partial charge in [-0.3, -0.25) is 4.79 Å². The van der Waals surface area contributed by atoms with Crippen molar-refractivity contribution >= 4 is 11.6 Å². The molecule has 0 bridgehead atoms. The number of carbonyl (C=O) groups excluding carboxylic acids is 1. The Morgan fingerprint density at radius 1 is 1.22 bits per heavy atom. The summed E-state index contributed by atoms with van der Waals surface area (Å²) < 4.78 is 0. The molecule has 0 radical (unpaired) electrons. The van der Waals surface area contributed by atoms with E-state index in [-0.39, 0.29) is 5.91 Å². The van der Waals surface area contributed by atoms with Crippen molar-refractivity contribution in [2.24, 2.45) is 0 Å². The average Bonchev–Trinajstić information content (AvgIpc) is 2.37. The zero-order valence-electron chi connectivity index (χ0n) is 11.9. The second kappa shape index (κ2) is 7.17. The maximum absolute atomic E-state index is 12.0. The Labute approximate surface area is 110 Å². The molecule has 3 nitrogen and oxygen atoms in total. The Morgan fingerprint density at radius 2 is 1.94 bits per heavy atom. The van der Waals surface area contributed by atoms with Crippen LogP contribution < -0.4 is 10.2 Å². The molecule has 0 spiro atoms. The first kappa shape index (κ1) is 14.7. The van der Waals surface area contributed by atoms with Crippen LogP contribution in [0.25, 0.3) is 0 Å². The van der Waals surface area contributed by atoms with Crippen molar-refractivity contribution in [2.45, 2.75) is 33.1 Å². The molecule has 18 heavy (non-hydrogen) atoms. The SMILES string of the molecule is CNCCCCC(=O)N(C)c1ccc(C)c(C)c1. The molecule has 1 aromatic rings. The van der Waals surface area contributed by atoms with Gasteiger partial charge >= 0.3 is 0 Å². The third-order valence-electron chi connectivity index (χ3n) is 3.32. The summed E-state index contributed by atoms with van der Waals surface area (Å²) in [6.07, 6.45) is 2.60. The predicted molar refractivity (Wildman–Crippen MR) is 77.1 cm³/mol. The highest BCUT2D eigenvalue weighted by Gasteiger charge is 2.10. The molecule has 1 aromatic carbocycles. The third-order valence-corrected chi connectivity index (χ3v) is 3.32. The van der Waals surface area contributed by atoms with Crippen molar-refractivity contribution in [1.29, 1.82) is 0 Å². The zero-order chi connectivity index (χ0) is 13.5. The molecule has 1 N–H and O–H groups in total. The Balaban J connectivity index is 2.54. The van der Waals surface area contributed by atoms with E-state index >= 15 is 0 Å². The maximum Gasteiger partial charge on any atom is 0.226 e. The monoisotopic (exact) mass is 248 g/mol. The van der Waals surface area contributed by atoms with Crippen LogP contribution in [0.4, 0.5) is 5.69 Å². The number of anilines is 1. The molecule has 3 heteroatoms. The number of aryl methyl sites for hydroxylation is 2. The van der Waals surface area contributed by atoms with E-state index in [1.165, 1.54) is 11.1 Å². The fourth-order valence-electron chi connectivity index (χ4n) is 1.82. The number of nitrogens with zero attached hydrogens (tertiary/aromatic N) is 1. The molecule has 0 aromatic heterocycles. The van der Waals surface area contributed by atoms with Gasteiger partial charge in [-0.2, -0.15) is 0 Å². The van der Waals surface area contributed by atoms with E-state index in [4.69, 9.17) is 0 Å². The van der Waals surface area contributed by atoms with Crippen molar-refractivity contribution in [2.75, 3.05) is 25.5 Å². The third kappa shape index (κ3) is 4.15. The highest BCUT2D eigenvalue weighted by atomic mass is 16.2. The van der Waals surface area contributed by atoms with Crippen molar-refractivity contribution in [1.82, 2.24) is 5.32 Å². The summed E-state index contributed by atoms with van der Waals surface area (Å²) in [5.74, 6) is 0.189. The van der Waals surface area contributed by atoms with Gasteiger partial charge in [0.15, 0.2) is 0 Å². The van der Waals surface area contributed by atoms with Crippen LogP contribution >= 0.6 is 0 Å². The molecule has 0 aliphatic heterocycles. The van der Waals surface area contributed by atoms with Gasteiger partial charge in [0.2, 0.25) is 5.91 Å². The molecule has 0 saturated heterocycles. The van der Waals surface area contributed by atoms with Gasteiger partial charge in [-0.1, -0.05) is 6.07 Å². The smallest absolute Gasteiger partial charge is 0.226 e. The van der Waals surface area contributed by atoms with Crippen molar-refractivity contribution < 1.29 is 4.79 Å². The van der Waals surface area contributed by atoms with Crippen molar-refractivity contribution in [3.05, 3.63) is 29.3 Å². The normalized spacial score (nSPS) is 10.4. The summed E-state index contributed by atoms with van der Waals surface area (Å²) in [5, 5.41) is 3.09. The standard InChI is InChI=1S/C15H24N2O/c1-12-8-9-14(11-13(12)2)17(4)15(18)7-5-6-10-16-3/h8-9,11,16H,5-7,10H2,1-4H3. The first-order valence-corrected chi connectivity index (χ1v) is 6.54. The van der Waals surface area contributed by atoms with E-state index < -0.39 is 0 Å². The van der Waals surface area contributed by atoms with E-state index in [0.717, 1.165) is 25.1 Å². The number of benzene rings is 1. The number of amides is 1. The van der Waals surface area contributed by atoms with Crippen LogP contribution in [0.2, 0.25) is 0 Å². The molecule has 0 saturated carbocycles. The largest absolute Gasteiger partial charge is 0.320 e. The Bertz CT molecular complexity index is 401. The van der Waals surface area contributed by atoms with Gasteiger partial charge in [0.25, 0.3) is 0 Å². The van der Waals surface area contributed by atoms with Gasteiger partial charge in [-0.05, 0) is 63.5 Å². The Morgan fingerprint density at radius 3 is 2.56 bits per heavy atom. The van der Waals surface area contributed by atoms with Crippen LogP contribution in [0.5, 0.6) is 0 Å². The molecule has 0 fully saturated rings. The van der Waals surface area contributed by atoms with E-state index in [2.05, 4.69) is 31.3 Å². The lowest BCUT2D eigenvalue weighted by Crippen LogP contribution is -2.26. The second-order valence-corrected chi connectivity index (χ2v) is 4.78. The van der Waals surface area contributed by atoms with E-state index in [0.29, 0.717) is 6.42 Å². The number of nitrogens with one attached hydrogen (secondary N) is 1. The van der Waals surface area contributed by atoms with E-state index in [9.17, 15) is 4.79 Å². The second-order valence-electron chi connectivity index (χ2n) is 4.78. The molecule has 0 unspecified atom stereocenters. The van der Waals surface area contributed by atoms with Crippen LogP contribution in [0.1, 0.15) is 30.4 Å². The van der Waals surface area contributed by atoms with Crippen molar-refractivity contribution in [3.63, 3.8) is 0 Å². The van der Waals surface area contributed by atoms with Crippen LogP contribution in [0.3, 0.4) is 0 Å². The summed E-state index contributed by atoms with van der Waals surface area (Å²) >= 11 is 0. The van der Waals surface area contributed by atoms with Gasteiger partial charge < -0.3 is 10.2 Å². The number of unbranched alkanes of at least 4 members (excludes halogenated alkanes) is 1. The number of hydrogen-bond donors (Lipinski definition) is 1. The first-order valence-electron chi connectivity index (χ1n) is 6.54. The Hall–Kier alpha value is -1.35. The van der Waals surface area contributed by atoms with Crippen molar-refractivity contribution in [3.8, 4) is 0 Å². The molecule has 100 valence electrons. The van der Waals surface area contributed by atoms with Crippen LogP contribution in [-0.4, -0.2) is 26.5 Å². The molecule has 0 aliphatic rings. The highest BCUT2D eigenvalue weighted by molar-refractivity contribution is 5.92. The number of rotatable bonds is 6. The van der Waals surface area contributed by atoms with Gasteiger partial charge in [-0.15, -0.1) is 0 Å². The topological polar surface area (TPSA) is 32.3 Å². The lowest BCUT2D eigenvalue weighted by molar-refractivity contribution is -0.118. The molecule has 0 heterocycles. The summed E-state index contributed by atoms with van der Waals surface area (Å²) in [5.41, 5.74) is 3.47. The summed E-state index contributed by atoms with van der Waals surface area (Å²) in [6.45, 7) is 5.13. The fourth-order valence-corrected chi connectivity index (χ4v) is 1.82. The van der Waals surface area contributed by atoms with Crippen LogP contribution in [-0.2, 0) is 4.79 Å². The molecule has 0 aliphatic carbocycles. The summed E-state index contributed by atoms with van der Waals surface area (Å²) in [6, 6.07) is 6.14. The van der Waals surface area contributed by atoms with Gasteiger partial charge in [0, 0.05) is 19.2 Å². The first-order chi connectivity index (χ1) is 8.56. The van der Waals surface area contributed by atoms with E-state index in [1.807, 2.05) is 20.2 Å². The minimum Gasteiger partial charge on any atom is -0.320 e. The van der Waals surface area contributed by atoms with Crippen LogP contribution in [0.15, 0.2) is 18.2 Å². The highest BCUT2D eigenvalue weighted by Crippen LogP contribution is 2.18. The van der Waals surface area contributed by atoms with Gasteiger partial charge in [0.05, 0.1) is 0 Å². The van der Waals surface area contributed by atoms with E-state index in [1.54, 1.807) is 4.90 Å². The maximum atomic E-state index is 12.0. The van der Waals surface area contributed by atoms with Gasteiger partial charge in [0.1, 0.15) is 0 Å². The number of hydrogen-bond acceptors (Lipinski definition) is 2. The average molecular weight is 248 g/mol. The number of carbonyl (C=O) groups is 1. The molecular formula is C15H24N2O. The minimum absolute atomic E-state index is 0.189. The lowest BCUT2D eigenvalue weighted by atomic mass is 10.1. The zero-order valence-corrected chi connectivity index (χ0v) is 11.9. The quantitative estimate of drug-likeness (QED) is 0.785. The molecule has 1 rings (SSSR count).